The van der Waals surface area contributed by atoms with Gasteiger partial charge in [0.05, 0.1) is 18.8 Å². The van der Waals surface area contributed by atoms with Gasteiger partial charge in [0.2, 0.25) is 0 Å². The zero-order valence-electron chi connectivity index (χ0n) is 10.9. The van der Waals surface area contributed by atoms with Crippen LogP contribution in [0.15, 0.2) is 42.7 Å². The van der Waals surface area contributed by atoms with E-state index in [-0.39, 0.29) is 12.5 Å². The van der Waals surface area contributed by atoms with Crippen molar-refractivity contribution >= 4 is 5.97 Å². The van der Waals surface area contributed by atoms with E-state index < -0.39 is 0 Å². The van der Waals surface area contributed by atoms with Gasteiger partial charge in [-0.25, -0.2) is 4.68 Å². The summed E-state index contributed by atoms with van der Waals surface area (Å²) in [5.41, 5.74) is 2.08. The first kappa shape index (κ1) is 13.3. The molecule has 5 nitrogen and oxygen atoms in total. The van der Waals surface area contributed by atoms with Crippen molar-refractivity contribution in [2.24, 2.45) is 0 Å². The fourth-order valence-electron chi connectivity index (χ4n) is 1.81. The Morgan fingerprint density at radius 1 is 1.37 bits per heavy atom. The van der Waals surface area contributed by atoms with Gasteiger partial charge in [-0.2, -0.15) is 5.10 Å². The highest BCUT2D eigenvalue weighted by Gasteiger charge is 2.05. The largest absolute Gasteiger partial charge is 0.465 e. The SMILES string of the molecule is CCOC(=O)CNCc1ccccc1-n1cccn1. The standard InChI is InChI=1S/C14H17N3O2/c1-2-19-14(18)11-15-10-12-6-3-4-7-13(12)17-9-5-8-16-17/h3-9,15H,2,10-11H2,1H3. The third kappa shape index (κ3) is 3.66. The van der Waals surface area contributed by atoms with Crippen molar-refractivity contribution in [3.63, 3.8) is 0 Å². The van der Waals surface area contributed by atoms with E-state index in [0.29, 0.717) is 13.2 Å². The quantitative estimate of drug-likeness (QED) is 0.799. The number of ether oxygens (including phenoxy) is 1. The molecule has 0 amide bonds. The zero-order valence-corrected chi connectivity index (χ0v) is 10.9. The van der Waals surface area contributed by atoms with E-state index in [1.54, 1.807) is 17.8 Å². The van der Waals surface area contributed by atoms with Crippen molar-refractivity contribution in [2.75, 3.05) is 13.2 Å². The van der Waals surface area contributed by atoms with Gasteiger partial charge in [-0.05, 0) is 24.6 Å². The van der Waals surface area contributed by atoms with Crippen LogP contribution in [0.3, 0.4) is 0 Å². The molecular weight excluding hydrogens is 242 g/mol. The normalized spacial score (nSPS) is 10.4. The van der Waals surface area contributed by atoms with Crippen LogP contribution >= 0.6 is 0 Å². The number of carbonyl (C=O) groups is 1. The van der Waals surface area contributed by atoms with Gasteiger partial charge >= 0.3 is 5.97 Å². The Balaban J connectivity index is 1.99. The van der Waals surface area contributed by atoms with E-state index in [4.69, 9.17) is 4.74 Å². The molecule has 2 rings (SSSR count). The fourth-order valence-corrected chi connectivity index (χ4v) is 1.81. The van der Waals surface area contributed by atoms with Crippen molar-refractivity contribution in [3.05, 3.63) is 48.3 Å². The second kappa shape index (κ2) is 6.70. The maximum atomic E-state index is 11.2. The Labute approximate surface area is 112 Å². The lowest BCUT2D eigenvalue weighted by atomic mass is 10.2. The van der Waals surface area contributed by atoms with E-state index in [2.05, 4.69) is 10.4 Å². The van der Waals surface area contributed by atoms with Gasteiger partial charge < -0.3 is 10.1 Å². The Morgan fingerprint density at radius 2 is 2.21 bits per heavy atom. The fraction of sp³-hybridized carbons (Fsp3) is 0.286. The summed E-state index contributed by atoms with van der Waals surface area (Å²) in [6, 6.07) is 9.81. The first-order valence-corrected chi connectivity index (χ1v) is 6.25. The summed E-state index contributed by atoms with van der Waals surface area (Å²) in [4.78, 5) is 11.2. The molecule has 5 heteroatoms. The van der Waals surface area contributed by atoms with E-state index in [9.17, 15) is 4.79 Å². The molecule has 0 saturated heterocycles. The van der Waals surface area contributed by atoms with Crippen molar-refractivity contribution < 1.29 is 9.53 Å². The van der Waals surface area contributed by atoms with E-state index in [0.717, 1.165) is 11.3 Å². The number of esters is 1. The van der Waals surface area contributed by atoms with Crippen LogP contribution < -0.4 is 5.32 Å². The summed E-state index contributed by atoms with van der Waals surface area (Å²) < 4.78 is 6.67. The Hall–Kier alpha value is -2.14. The summed E-state index contributed by atoms with van der Waals surface area (Å²) in [6.07, 6.45) is 3.63. The number of para-hydroxylation sites is 1. The maximum Gasteiger partial charge on any atom is 0.319 e. The molecular formula is C14H17N3O2. The molecule has 0 fully saturated rings. The lowest BCUT2D eigenvalue weighted by Gasteiger charge is -2.10. The summed E-state index contributed by atoms with van der Waals surface area (Å²) in [5.74, 6) is -0.237. The van der Waals surface area contributed by atoms with Gasteiger partial charge in [-0.15, -0.1) is 0 Å². The molecule has 0 unspecified atom stereocenters. The molecule has 1 N–H and O–H groups in total. The summed E-state index contributed by atoms with van der Waals surface area (Å²) in [6.45, 7) is 3.01. The average Bonchev–Trinajstić information content (AvgIpc) is 2.93. The number of nitrogens with one attached hydrogen (secondary N) is 1. The number of hydrogen-bond donors (Lipinski definition) is 1. The molecule has 0 aliphatic heterocycles. The topological polar surface area (TPSA) is 56.1 Å². The highest BCUT2D eigenvalue weighted by atomic mass is 16.5. The minimum Gasteiger partial charge on any atom is -0.465 e. The first-order valence-electron chi connectivity index (χ1n) is 6.25. The van der Waals surface area contributed by atoms with Crippen LogP contribution in [0.4, 0.5) is 0 Å². The smallest absolute Gasteiger partial charge is 0.319 e. The Kier molecular flexibility index (Phi) is 4.69. The van der Waals surface area contributed by atoms with Gasteiger partial charge in [0.15, 0.2) is 0 Å². The van der Waals surface area contributed by atoms with E-state index in [1.807, 2.05) is 36.5 Å². The number of aromatic nitrogens is 2. The molecule has 0 radical (unpaired) electrons. The van der Waals surface area contributed by atoms with Crippen LogP contribution in [-0.4, -0.2) is 28.9 Å². The molecule has 100 valence electrons. The minimum atomic E-state index is -0.237. The zero-order chi connectivity index (χ0) is 13.5. The van der Waals surface area contributed by atoms with Crippen LogP contribution in [0.1, 0.15) is 12.5 Å². The van der Waals surface area contributed by atoms with Crippen LogP contribution in [0.5, 0.6) is 0 Å². The molecule has 1 aromatic carbocycles. The van der Waals surface area contributed by atoms with Crippen molar-refractivity contribution in [1.29, 1.82) is 0 Å². The lowest BCUT2D eigenvalue weighted by Crippen LogP contribution is -2.24. The number of hydrogen-bond acceptors (Lipinski definition) is 4. The van der Waals surface area contributed by atoms with Gasteiger partial charge in [0.1, 0.15) is 0 Å². The Morgan fingerprint density at radius 3 is 2.95 bits per heavy atom. The highest BCUT2D eigenvalue weighted by Crippen LogP contribution is 2.12. The molecule has 0 aliphatic carbocycles. The third-order valence-electron chi connectivity index (χ3n) is 2.63. The van der Waals surface area contributed by atoms with Crippen molar-refractivity contribution in [3.8, 4) is 5.69 Å². The second-order valence-electron chi connectivity index (χ2n) is 3.99. The minimum absolute atomic E-state index is 0.210. The monoisotopic (exact) mass is 259 g/mol. The molecule has 2 aromatic rings. The summed E-state index contributed by atoms with van der Waals surface area (Å²) >= 11 is 0. The van der Waals surface area contributed by atoms with Gasteiger partial charge in [-0.1, -0.05) is 18.2 Å². The summed E-state index contributed by atoms with van der Waals surface area (Å²) in [5, 5.41) is 7.29. The maximum absolute atomic E-state index is 11.2. The Bertz CT molecular complexity index is 523. The summed E-state index contributed by atoms with van der Waals surface area (Å²) in [7, 11) is 0. The first-order chi connectivity index (χ1) is 9.31. The number of nitrogens with zero attached hydrogens (tertiary/aromatic N) is 2. The molecule has 19 heavy (non-hydrogen) atoms. The predicted molar refractivity (Wildman–Crippen MR) is 71.9 cm³/mol. The molecule has 1 heterocycles. The van der Waals surface area contributed by atoms with Gasteiger partial charge in [0, 0.05) is 18.9 Å². The molecule has 0 bridgehead atoms. The average molecular weight is 259 g/mol. The van der Waals surface area contributed by atoms with Crippen LogP contribution in [0.25, 0.3) is 5.69 Å². The highest BCUT2D eigenvalue weighted by molar-refractivity contribution is 5.71. The van der Waals surface area contributed by atoms with Crippen LogP contribution in [0.2, 0.25) is 0 Å². The van der Waals surface area contributed by atoms with Crippen LogP contribution in [-0.2, 0) is 16.1 Å². The van der Waals surface area contributed by atoms with E-state index in [1.165, 1.54) is 0 Å². The molecule has 0 saturated carbocycles. The second-order valence-corrected chi connectivity index (χ2v) is 3.99. The molecule has 1 aromatic heterocycles. The predicted octanol–water partition coefficient (Wildman–Crippen LogP) is 1.52. The number of benzene rings is 1. The van der Waals surface area contributed by atoms with Crippen molar-refractivity contribution in [1.82, 2.24) is 15.1 Å². The third-order valence-corrected chi connectivity index (χ3v) is 2.63. The van der Waals surface area contributed by atoms with Crippen LogP contribution in [0, 0.1) is 0 Å². The number of carbonyl (C=O) groups excluding carboxylic acids is 1. The van der Waals surface area contributed by atoms with Gasteiger partial charge in [0.25, 0.3) is 0 Å². The van der Waals surface area contributed by atoms with Crippen molar-refractivity contribution in [2.45, 2.75) is 13.5 Å². The molecule has 0 spiro atoms. The van der Waals surface area contributed by atoms with E-state index >= 15 is 0 Å². The number of rotatable bonds is 6. The van der Waals surface area contributed by atoms with Gasteiger partial charge in [-0.3, -0.25) is 4.79 Å². The lowest BCUT2D eigenvalue weighted by molar-refractivity contribution is -0.142. The molecule has 0 aliphatic rings. The molecule has 0 atom stereocenters.